The molecule has 4 heteroatoms. The predicted molar refractivity (Wildman–Crippen MR) is 82.5 cm³/mol. The van der Waals surface area contributed by atoms with Crippen LogP contribution < -0.4 is 4.90 Å². The minimum absolute atomic E-state index is 0.895. The molecule has 3 heterocycles. The van der Waals surface area contributed by atoms with Crippen molar-refractivity contribution in [1.29, 1.82) is 0 Å². The summed E-state index contributed by atoms with van der Waals surface area (Å²) in [6.07, 6.45) is 7.62. The molecule has 0 atom stereocenters. The maximum Gasteiger partial charge on any atom is 0.112 e. The van der Waals surface area contributed by atoms with Gasteiger partial charge < -0.3 is 4.90 Å². The largest absolute Gasteiger partial charge is 0.370 e. The topological polar surface area (TPSA) is 29.0 Å². The second-order valence-electron chi connectivity index (χ2n) is 5.19. The lowest BCUT2D eigenvalue weighted by molar-refractivity contribution is 0.395. The van der Waals surface area contributed by atoms with Crippen LogP contribution in [-0.4, -0.2) is 23.1 Å². The monoisotopic (exact) mass is 319 g/mol. The van der Waals surface area contributed by atoms with Gasteiger partial charge in [0.25, 0.3) is 0 Å². The van der Waals surface area contributed by atoms with Gasteiger partial charge in [0.2, 0.25) is 0 Å². The second kappa shape index (κ2) is 5.45. The number of rotatable bonds is 2. The van der Waals surface area contributed by atoms with Crippen LogP contribution in [0, 0.1) is 5.92 Å². The van der Waals surface area contributed by atoms with Crippen LogP contribution in [0.4, 0.5) is 5.69 Å². The summed E-state index contributed by atoms with van der Waals surface area (Å²) in [5, 5.41) is 0. The maximum atomic E-state index is 4.54. The molecule has 0 bridgehead atoms. The number of nitrogens with zero attached hydrogens (tertiary/aromatic N) is 3. The summed E-state index contributed by atoms with van der Waals surface area (Å²) in [4.78, 5) is 11.4. The molecule has 0 N–H and O–H groups in total. The minimum Gasteiger partial charge on any atom is -0.370 e. The zero-order valence-electron chi connectivity index (χ0n) is 11.1. The fourth-order valence-electron chi connectivity index (χ4n) is 2.83. The van der Waals surface area contributed by atoms with Gasteiger partial charge in [-0.2, -0.15) is 0 Å². The summed E-state index contributed by atoms with van der Waals surface area (Å²) < 4.78 is 0.981. The van der Waals surface area contributed by atoms with Gasteiger partial charge in [0.05, 0.1) is 11.2 Å². The molecule has 1 aliphatic rings. The Morgan fingerprint density at radius 2 is 2.11 bits per heavy atom. The van der Waals surface area contributed by atoms with Crippen molar-refractivity contribution in [2.24, 2.45) is 5.92 Å². The Kier molecular flexibility index (Phi) is 3.69. The summed E-state index contributed by atoms with van der Waals surface area (Å²) in [7, 11) is 0. The fourth-order valence-corrected chi connectivity index (χ4v) is 3.15. The molecule has 0 aliphatic carbocycles. The van der Waals surface area contributed by atoms with Crippen molar-refractivity contribution in [1.82, 2.24) is 9.97 Å². The normalized spacial score (nSPS) is 17.1. The molecule has 2 aromatic rings. The van der Waals surface area contributed by atoms with Crippen molar-refractivity contribution in [3.8, 4) is 0 Å². The molecule has 100 valence electrons. The molecule has 0 amide bonds. The van der Waals surface area contributed by atoms with Crippen molar-refractivity contribution >= 4 is 32.7 Å². The Balaban J connectivity index is 1.93. The van der Waals surface area contributed by atoms with Crippen LogP contribution >= 0.6 is 15.9 Å². The van der Waals surface area contributed by atoms with Gasteiger partial charge in [-0.3, -0.25) is 9.97 Å². The molecule has 0 aromatic carbocycles. The molecular weight excluding hydrogens is 302 g/mol. The number of aromatic nitrogens is 2. The predicted octanol–water partition coefficient (Wildman–Crippen LogP) is 4.02. The average Bonchev–Trinajstić information content (AvgIpc) is 2.46. The van der Waals surface area contributed by atoms with E-state index in [2.05, 4.69) is 43.8 Å². The van der Waals surface area contributed by atoms with Crippen LogP contribution in [0.3, 0.4) is 0 Å². The Labute approximate surface area is 122 Å². The third-order valence-electron chi connectivity index (χ3n) is 4.06. The van der Waals surface area contributed by atoms with Gasteiger partial charge in [-0.25, -0.2) is 0 Å². The summed E-state index contributed by atoms with van der Waals surface area (Å²) in [6.45, 7) is 4.56. The quantitative estimate of drug-likeness (QED) is 0.837. The highest BCUT2D eigenvalue weighted by Gasteiger charge is 2.19. The van der Waals surface area contributed by atoms with E-state index in [-0.39, 0.29) is 0 Å². The van der Waals surface area contributed by atoms with E-state index in [1.807, 2.05) is 18.5 Å². The molecule has 0 unspecified atom stereocenters. The van der Waals surface area contributed by atoms with E-state index in [0.717, 1.165) is 34.5 Å². The van der Waals surface area contributed by atoms with Gasteiger partial charge >= 0.3 is 0 Å². The highest BCUT2D eigenvalue weighted by molar-refractivity contribution is 9.10. The third-order valence-corrected chi connectivity index (χ3v) is 4.49. The van der Waals surface area contributed by atoms with Gasteiger partial charge in [-0.1, -0.05) is 13.3 Å². The number of pyridine rings is 2. The third kappa shape index (κ3) is 2.59. The van der Waals surface area contributed by atoms with Crippen molar-refractivity contribution < 1.29 is 0 Å². The zero-order chi connectivity index (χ0) is 13.2. The first-order valence-corrected chi connectivity index (χ1v) is 7.72. The molecule has 2 aromatic heterocycles. The van der Waals surface area contributed by atoms with Crippen LogP contribution in [0.15, 0.2) is 29.0 Å². The number of hydrogen-bond donors (Lipinski definition) is 0. The van der Waals surface area contributed by atoms with Crippen molar-refractivity contribution in [3.63, 3.8) is 0 Å². The molecule has 19 heavy (non-hydrogen) atoms. The van der Waals surface area contributed by atoms with Crippen molar-refractivity contribution in [2.75, 3.05) is 18.0 Å². The lowest BCUT2D eigenvalue weighted by Gasteiger charge is -2.33. The number of piperidine rings is 1. The van der Waals surface area contributed by atoms with Gasteiger partial charge in [0, 0.05) is 30.0 Å². The van der Waals surface area contributed by atoms with Gasteiger partial charge in [0.1, 0.15) is 5.52 Å². The zero-order valence-corrected chi connectivity index (χ0v) is 12.7. The molecule has 1 fully saturated rings. The van der Waals surface area contributed by atoms with Crippen molar-refractivity contribution in [3.05, 3.63) is 29.0 Å². The highest BCUT2D eigenvalue weighted by Crippen LogP contribution is 2.29. The standard InChI is InChI=1S/C15H18BrN3/c1-2-11-4-7-19(8-5-11)14-3-6-17-13-9-12(16)10-18-15(13)14/h3,6,9-11H,2,4-5,7-8H2,1H3. The van der Waals surface area contributed by atoms with E-state index < -0.39 is 0 Å². The molecule has 0 radical (unpaired) electrons. The summed E-state index contributed by atoms with van der Waals surface area (Å²) >= 11 is 3.45. The van der Waals surface area contributed by atoms with E-state index in [0.29, 0.717) is 0 Å². The lowest BCUT2D eigenvalue weighted by atomic mass is 9.94. The molecule has 3 nitrogen and oxygen atoms in total. The Morgan fingerprint density at radius 3 is 2.84 bits per heavy atom. The first kappa shape index (κ1) is 12.9. The Morgan fingerprint density at radius 1 is 1.32 bits per heavy atom. The smallest absolute Gasteiger partial charge is 0.112 e. The van der Waals surface area contributed by atoms with Crippen molar-refractivity contribution in [2.45, 2.75) is 26.2 Å². The Bertz CT molecular complexity index is 577. The molecule has 0 saturated carbocycles. The van der Waals surface area contributed by atoms with E-state index in [1.54, 1.807) is 0 Å². The van der Waals surface area contributed by atoms with E-state index in [1.165, 1.54) is 24.9 Å². The number of fused-ring (bicyclic) bond motifs is 1. The number of anilines is 1. The molecular formula is C15H18BrN3. The van der Waals surface area contributed by atoms with E-state index in [4.69, 9.17) is 0 Å². The lowest BCUT2D eigenvalue weighted by Crippen LogP contribution is -2.33. The number of halogens is 1. The average molecular weight is 320 g/mol. The Hall–Kier alpha value is -1.16. The van der Waals surface area contributed by atoms with Crippen LogP contribution in [0.5, 0.6) is 0 Å². The van der Waals surface area contributed by atoms with Crippen LogP contribution in [-0.2, 0) is 0 Å². The van der Waals surface area contributed by atoms with Crippen LogP contribution in [0.25, 0.3) is 11.0 Å². The second-order valence-corrected chi connectivity index (χ2v) is 6.11. The molecule has 1 saturated heterocycles. The minimum atomic E-state index is 0.895. The molecule has 0 spiro atoms. The summed E-state index contributed by atoms with van der Waals surface area (Å²) in [6, 6.07) is 4.13. The molecule has 1 aliphatic heterocycles. The fraction of sp³-hybridized carbons (Fsp3) is 0.467. The maximum absolute atomic E-state index is 4.54. The van der Waals surface area contributed by atoms with Gasteiger partial charge in [-0.05, 0) is 46.8 Å². The van der Waals surface area contributed by atoms with Gasteiger partial charge in [0.15, 0.2) is 0 Å². The first-order valence-electron chi connectivity index (χ1n) is 6.93. The van der Waals surface area contributed by atoms with Crippen LogP contribution in [0.2, 0.25) is 0 Å². The highest BCUT2D eigenvalue weighted by atomic mass is 79.9. The van der Waals surface area contributed by atoms with E-state index in [9.17, 15) is 0 Å². The first-order chi connectivity index (χ1) is 9.28. The summed E-state index contributed by atoms with van der Waals surface area (Å²) in [5.74, 6) is 0.895. The number of hydrogen-bond acceptors (Lipinski definition) is 3. The van der Waals surface area contributed by atoms with Gasteiger partial charge in [-0.15, -0.1) is 0 Å². The van der Waals surface area contributed by atoms with E-state index >= 15 is 0 Å². The SMILES string of the molecule is CCC1CCN(c2ccnc3cc(Br)cnc23)CC1. The molecule has 3 rings (SSSR count). The summed E-state index contributed by atoms with van der Waals surface area (Å²) in [5.41, 5.74) is 3.21. The van der Waals surface area contributed by atoms with Crippen LogP contribution in [0.1, 0.15) is 26.2 Å².